The molecular formula is C48H80O19. The largest absolute Gasteiger partial charge is 0.394 e. The fourth-order valence-corrected chi connectivity index (χ4v) is 13.9. The third-order valence-electron chi connectivity index (χ3n) is 18.4. The second-order valence-electron chi connectivity index (χ2n) is 22.8. The number of carbonyl (C=O) groups is 1. The highest BCUT2D eigenvalue weighted by Crippen LogP contribution is 2.75. The van der Waals surface area contributed by atoms with Crippen LogP contribution >= 0.6 is 0 Å². The Morgan fingerprint density at radius 1 is 0.731 bits per heavy atom. The van der Waals surface area contributed by atoms with Gasteiger partial charge in [-0.25, -0.2) is 0 Å². The molecule has 0 aromatic carbocycles. The highest BCUT2D eigenvalue weighted by atomic mass is 16.8. The van der Waals surface area contributed by atoms with Crippen molar-refractivity contribution in [3.63, 3.8) is 0 Å². The van der Waals surface area contributed by atoms with Crippen LogP contribution < -0.4 is 0 Å². The molecule has 0 amide bonds. The molecular weight excluding hydrogens is 881 g/mol. The normalized spacial score (nSPS) is 49.9. The van der Waals surface area contributed by atoms with E-state index in [4.69, 9.17) is 28.4 Å². The number of hydrogen-bond acceptors (Lipinski definition) is 19. The Morgan fingerprint density at radius 2 is 1.30 bits per heavy atom. The van der Waals surface area contributed by atoms with Gasteiger partial charge in [-0.1, -0.05) is 39.3 Å². The van der Waals surface area contributed by atoms with Crippen molar-refractivity contribution in [2.24, 2.45) is 45.3 Å². The van der Waals surface area contributed by atoms with Crippen LogP contribution in [-0.4, -0.2) is 197 Å². The van der Waals surface area contributed by atoms with Gasteiger partial charge in [-0.2, -0.15) is 0 Å². The van der Waals surface area contributed by atoms with E-state index in [2.05, 4.69) is 33.8 Å². The number of rotatable bonds is 14. The lowest BCUT2D eigenvalue weighted by Gasteiger charge is -2.67. The van der Waals surface area contributed by atoms with E-state index in [0.29, 0.717) is 19.3 Å². The quantitative estimate of drug-likeness (QED) is 0.0944. The Kier molecular flexibility index (Phi) is 15.7. The first-order chi connectivity index (χ1) is 31.2. The predicted octanol–water partition coefficient (Wildman–Crippen LogP) is -0.848. The Balaban J connectivity index is 1.10. The minimum Gasteiger partial charge on any atom is -0.394 e. The second kappa shape index (κ2) is 19.6. The lowest BCUT2D eigenvalue weighted by atomic mass is 9.38. The maximum atomic E-state index is 13.1. The molecule has 6 fully saturated rings. The molecule has 4 aliphatic carbocycles. The maximum Gasteiger partial charge on any atom is 0.187 e. The average Bonchev–Trinajstić information content (AvgIpc) is 3.54. The van der Waals surface area contributed by atoms with Gasteiger partial charge < -0.3 is 89.7 Å². The zero-order chi connectivity index (χ0) is 49.5. The fourth-order valence-electron chi connectivity index (χ4n) is 13.9. The molecule has 19 heteroatoms. The van der Waals surface area contributed by atoms with Gasteiger partial charge in [0.1, 0.15) is 79.0 Å². The molecule has 1 unspecified atom stereocenters. The van der Waals surface area contributed by atoms with Crippen LogP contribution in [-0.2, 0) is 33.2 Å². The summed E-state index contributed by atoms with van der Waals surface area (Å²) in [5, 5.41) is 130. The summed E-state index contributed by atoms with van der Waals surface area (Å²) in [4.78, 5) is 13.1. The van der Waals surface area contributed by atoms with Gasteiger partial charge in [-0.05, 0) is 107 Å². The first kappa shape index (κ1) is 53.5. The molecule has 7 rings (SSSR count). The van der Waals surface area contributed by atoms with Gasteiger partial charge in [0, 0.05) is 17.3 Å². The number of carbonyl (C=O) groups excluding carboxylic acids is 1. The number of ether oxygens (including phenoxy) is 6. The van der Waals surface area contributed by atoms with Crippen LogP contribution in [0.3, 0.4) is 0 Å². The van der Waals surface area contributed by atoms with Crippen molar-refractivity contribution < 1.29 is 94.5 Å². The van der Waals surface area contributed by atoms with Crippen molar-refractivity contribution in [3.05, 3.63) is 11.6 Å². The van der Waals surface area contributed by atoms with Gasteiger partial charge in [-0.15, -0.1) is 0 Å². The number of ketones is 1. The topological polar surface area (TPSA) is 315 Å². The summed E-state index contributed by atoms with van der Waals surface area (Å²) in [5.74, 6) is 0.814. The molecule has 0 aromatic heterocycles. The molecule has 0 radical (unpaired) electrons. The predicted molar refractivity (Wildman–Crippen MR) is 234 cm³/mol. The zero-order valence-electron chi connectivity index (χ0n) is 40.2. The highest BCUT2D eigenvalue weighted by Gasteiger charge is 2.70. The standard InChI is InChI=1S/C48H80O19/c1-21(22-15-16-46(6)28-12-10-23-24(11-13-29(51)44(23,2)3)48(28,8)30(52)17-47(22,46)7)9-14-31(45(4,5)61)66-43-40(67-42-39(60)36(57)33(54)26(19-50)64-42)37(58)34(55)27(65-43)20-62-41-38(59)35(56)32(53)25(18-49)63-41/h10,21-22,24-28,30-43,49-50,52-61H,9,11-20H2,1-8H3/t21-,22-,24-,25-,26-,27-,28?,30-,31-,32-,33-,34-,35+,36+,37+,38-,39-,40-,41-,42+,43+,46+,47-,48+/m1/s1. The first-order valence-electron chi connectivity index (χ1n) is 24.4. The molecule has 0 bridgehead atoms. The Morgan fingerprint density at radius 3 is 1.90 bits per heavy atom. The summed E-state index contributed by atoms with van der Waals surface area (Å²) < 4.78 is 35.4. The SMILES string of the molecule is C[C@H](CC[C@@H](O[C@@H]1O[C@H](CO[C@@H]2O[C@H](CO)[C@@H](O)[C@H](O)[C@H]2O)[C@@H](O)[C@H](O)[C@H]1O[C@@H]1O[C@H](CO)[C@@H](O)[C@H](O)[C@H]1O)C(C)(C)O)[C@H]1CC[C@@]2(C)C3CC=C4[C@@H](CCC(=O)C4(C)C)[C@]3(C)[C@H](O)C[C@]12C. The van der Waals surface area contributed by atoms with Crippen LogP contribution in [0.25, 0.3) is 0 Å². The van der Waals surface area contributed by atoms with E-state index in [1.165, 1.54) is 5.57 Å². The summed E-state index contributed by atoms with van der Waals surface area (Å²) in [6, 6.07) is 0. The van der Waals surface area contributed by atoms with Crippen LogP contribution in [0, 0.1) is 45.3 Å². The number of aliphatic hydroxyl groups excluding tert-OH is 11. The number of allylic oxidation sites excluding steroid dienone is 2. The molecule has 24 atom stereocenters. The van der Waals surface area contributed by atoms with Gasteiger partial charge >= 0.3 is 0 Å². The van der Waals surface area contributed by atoms with Crippen LogP contribution in [0.2, 0.25) is 0 Å². The van der Waals surface area contributed by atoms with Crippen LogP contribution in [0.1, 0.15) is 107 Å². The molecule has 386 valence electrons. The van der Waals surface area contributed by atoms with Crippen LogP contribution in [0.5, 0.6) is 0 Å². The molecule has 0 spiro atoms. The molecule has 3 saturated heterocycles. The van der Waals surface area contributed by atoms with Crippen molar-refractivity contribution in [1.82, 2.24) is 0 Å². The highest BCUT2D eigenvalue weighted by molar-refractivity contribution is 5.88. The summed E-state index contributed by atoms with van der Waals surface area (Å²) in [5.41, 5.74) is -1.70. The average molecular weight is 961 g/mol. The molecule has 67 heavy (non-hydrogen) atoms. The van der Waals surface area contributed by atoms with Crippen molar-refractivity contribution in [2.45, 2.75) is 217 Å². The third kappa shape index (κ3) is 9.15. The monoisotopic (exact) mass is 961 g/mol. The summed E-state index contributed by atoms with van der Waals surface area (Å²) in [7, 11) is 0. The van der Waals surface area contributed by atoms with E-state index in [1.807, 2.05) is 13.8 Å². The lowest BCUT2D eigenvalue weighted by molar-refractivity contribution is -0.380. The van der Waals surface area contributed by atoms with Crippen molar-refractivity contribution in [3.8, 4) is 0 Å². The molecule has 0 aromatic rings. The van der Waals surface area contributed by atoms with Gasteiger partial charge in [0.15, 0.2) is 18.9 Å². The smallest absolute Gasteiger partial charge is 0.187 e. The van der Waals surface area contributed by atoms with Crippen molar-refractivity contribution in [1.29, 1.82) is 0 Å². The Hall–Kier alpha value is -1.31. The number of fused-ring (bicyclic) bond motifs is 5. The maximum absolute atomic E-state index is 13.1. The molecule has 19 nitrogen and oxygen atoms in total. The second-order valence-corrected chi connectivity index (χ2v) is 22.8. The number of aliphatic hydroxyl groups is 12. The molecule has 7 aliphatic rings. The molecule has 3 heterocycles. The third-order valence-corrected chi connectivity index (χ3v) is 18.4. The fraction of sp³-hybridized carbons (Fsp3) is 0.938. The van der Waals surface area contributed by atoms with E-state index in [-0.39, 0.29) is 46.7 Å². The Labute approximate surface area is 393 Å². The molecule has 3 saturated carbocycles. The first-order valence-corrected chi connectivity index (χ1v) is 24.4. The van der Waals surface area contributed by atoms with E-state index in [1.54, 1.807) is 13.8 Å². The minimum absolute atomic E-state index is 0.0679. The van der Waals surface area contributed by atoms with Gasteiger partial charge in [0.2, 0.25) is 0 Å². The van der Waals surface area contributed by atoms with Crippen LogP contribution in [0.4, 0.5) is 0 Å². The van der Waals surface area contributed by atoms with Gasteiger partial charge in [-0.3, -0.25) is 4.79 Å². The zero-order valence-corrected chi connectivity index (χ0v) is 40.2. The van der Waals surface area contributed by atoms with E-state index < -0.39 is 141 Å². The van der Waals surface area contributed by atoms with E-state index in [0.717, 1.165) is 25.7 Å². The van der Waals surface area contributed by atoms with E-state index >= 15 is 0 Å². The lowest BCUT2D eigenvalue weighted by Crippen LogP contribution is -2.65. The van der Waals surface area contributed by atoms with Crippen molar-refractivity contribution >= 4 is 5.78 Å². The summed E-state index contributed by atoms with van der Waals surface area (Å²) >= 11 is 0. The number of Topliss-reactive ketones (excluding diaryl/α,β-unsaturated/α-hetero) is 1. The van der Waals surface area contributed by atoms with Crippen molar-refractivity contribution in [2.75, 3.05) is 19.8 Å². The Bertz CT molecular complexity index is 1750. The van der Waals surface area contributed by atoms with Gasteiger partial charge in [0.25, 0.3) is 0 Å². The minimum atomic E-state index is -1.90. The molecule has 12 N–H and O–H groups in total. The summed E-state index contributed by atoms with van der Waals surface area (Å²) in [6.45, 7) is 14.2. The number of hydrogen-bond donors (Lipinski definition) is 12. The van der Waals surface area contributed by atoms with E-state index in [9.17, 15) is 66.1 Å². The molecule has 3 aliphatic heterocycles. The van der Waals surface area contributed by atoms with Crippen LogP contribution in [0.15, 0.2) is 11.6 Å². The van der Waals surface area contributed by atoms with Gasteiger partial charge in [0.05, 0.1) is 37.6 Å². The summed E-state index contributed by atoms with van der Waals surface area (Å²) in [6.07, 6.45) is -19.3.